The Kier molecular flexibility index (Phi) is 6.02. The van der Waals surface area contributed by atoms with Crippen molar-refractivity contribution in [2.45, 2.75) is 6.92 Å². The lowest BCUT2D eigenvalue weighted by molar-refractivity contribution is -0.660. The Morgan fingerprint density at radius 2 is 1.86 bits per heavy atom. The van der Waals surface area contributed by atoms with E-state index in [-0.39, 0.29) is 22.2 Å². The van der Waals surface area contributed by atoms with Crippen LogP contribution in [0.15, 0.2) is 78.3 Å². The van der Waals surface area contributed by atoms with Crippen molar-refractivity contribution >= 4 is 28.4 Å². The molecule has 0 spiro atoms. The van der Waals surface area contributed by atoms with E-state index < -0.39 is 16.1 Å². The Bertz CT molecular complexity index is 1740. The number of azo groups is 1. The van der Waals surface area contributed by atoms with E-state index in [4.69, 9.17) is 9.26 Å². The number of nitrogens with one attached hydrogen (secondary N) is 2. The molecule has 0 aliphatic heterocycles. The summed E-state index contributed by atoms with van der Waals surface area (Å²) in [5.41, 5.74) is 0.637. The Balaban J connectivity index is 1.46. The van der Waals surface area contributed by atoms with Crippen LogP contribution in [0.2, 0.25) is 0 Å². The van der Waals surface area contributed by atoms with Crippen LogP contribution in [0.4, 0.5) is 17.1 Å². The maximum absolute atomic E-state index is 13.0. The van der Waals surface area contributed by atoms with Gasteiger partial charge in [0.1, 0.15) is 5.75 Å². The molecule has 14 nitrogen and oxygen atoms in total. The molecular weight excluding hydrogens is 504 g/mol. The van der Waals surface area contributed by atoms with Crippen LogP contribution in [0.1, 0.15) is 5.69 Å². The summed E-state index contributed by atoms with van der Waals surface area (Å²) in [5, 5.41) is 26.2. The average molecular weight is 521 g/mol. The number of nitro benzene ring substituents is 1. The van der Waals surface area contributed by atoms with Crippen LogP contribution in [0.3, 0.4) is 0 Å². The van der Waals surface area contributed by atoms with Crippen molar-refractivity contribution in [3.05, 3.63) is 90.5 Å². The molecule has 186 valence electrons. The quantitative estimate of drug-likeness (QED) is 0.142. The third-order valence-corrected chi connectivity index (χ3v) is 6.10. The van der Waals surface area contributed by atoms with Crippen LogP contribution in [-0.2, 0) is 0 Å². The van der Waals surface area contributed by atoms with Gasteiger partial charge in [-0.3, -0.25) is 24.5 Å². The molecule has 0 bridgehead atoms. The number of thiazole rings is 1. The molecule has 15 heteroatoms. The molecule has 0 saturated carbocycles. The molecule has 0 aliphatic carbocycles. The smallest absolute Gasteiger partial charge is 0.437 e. The second-order valence-electron chi connectivity index (χ2n) is 7.58. The molecule has 5 rings (SSSR count). The first-order valence-electron chi connectivity index (χ1n) is 10.6. The minimum absolute atomic E-state index is 0.0459. The molecule has 37 heavy (non-hydrogen) atoms. The molecular formula is C22H17N8O6S+. The second-order valence-corrected chi connectivity index (χ2v) is 8.41. The highest BCUT2D eigenvalue weighted by Gasteiger charge is 2.28. The van der Waals surface area contributed by atoms with Gasteiger partial charge in [-0.1, -0.05) is 0 Å². The summed E-state index contributed by atoms with van der Waals surface area (Å²) < 4.78 is 12.8. The van der Waals surface area contributed by atoms with Crippen molar-refractivity contribution in [2.24, 2.45) is 10.2 Å². The van der Waals surface area contributed by atoms with Gasteiger partial charge in [0.15, 0.2) is 11.4 Å². The number of nitrogens with zero attached hydrogens (tertiary/aromatic N) is 6. The van der Waals surface area contributed by atoms with Crippen molar-refractivity contribution in [3.8, 4) is 28.0 Å². The van der Waals surface area contributed by atoms with Crippen molar-refractivity contribution in [2.75, 3.05) is 7.11 Å². The lowest BCUT2D eigenvalue weighted by atomic mass is 10.3. The van der Waals surface area contributed by atoms with Gasteiger partial charge in [0, 0.05) is 29.6 Å². The van der Waals surface area contributed by atoms with Gasteiger partial charge in [-0.25, -0.2) is 9.78 Å². The van der Waals surface area contributed by atoms with Crippen molar-refractivity contribution in [1.82, 2.24) is 20.0 Å². The highest BCUT2D eigenvalue weighted by atomic mass is 32.1. The Morgan fingerprint density at radius 1 is 1.14 bits per heavy atom. The van der Waals surface area contributed by atoms with E-state index in [1.807, 2.05) is 0 Å². The summed E-state index contributed by atoms with van der Waals surface area (Å²) in [6.07, 6.45) is 0. The molecule has 0 aliphatic rings. The number of rotatable bonds is 7. The molecule has 3 aromatic heterocycles. The molecule has 2 N–H and O–H groups in total. The van der Waals surface area contributed by atoms with E-state index in [2.05, 4.69) is 25.6 Å². The Morgan fingerprint density at radius 3 is 2.54 bits per heavy atom. The topological polar surface area (TPSA) is 178 Å². The van der Waals surface area contributed by atoms with Crippen molar-refractivity contribution in [1.29, 1.82) is 0 Å². The second kappa shape index (κ2) is 9.46. The third-order valence-electron chi connectivity index (χ3n) is 5.27. The molecule has 0 fully saturated rings. The molecule has 0 radical (unpaired) electrons. The molecule has 0 atom stereocenters. The number of benzene rings is 2. The average Bonchev–Trinajstić information content (AvgIpc) is 3.60. The first kappa shape index (κ1) is 23.6. The number of hydrogen-bond donors (Lipinski definition) is 2. The monoisotopic (exact) mass is 521 g/mol. The Labute approximate surface area is 210 Å². The Hall–Kier alpha value is -5.18. The van der Waals surface area contributed by atoms with E-state index in [1.54, 1.807) is 43.7 Å². The summed E-state index contributed by atoms with van der Waals surface area (Å²) in [4.78, 5) is 40.2. The summed E-state index contributed by atoms with van der Waals surface area (Å²) in [6, 6.07) is 12.4. The van der Waals surface area contributed by atoms with Gasteiger partial charge in [-0.05, 0) is 41.1 Å². The zero-order valence-corrected chi connectivity index (χ0v) is 20.1. The first-order valence-corrected chi connectivity index (χ1v) is 11.5. The predicted octanol–water partition coefficient (Wildman–Crippen LogP) is 3.49. The molecule has 2 aromatic carbocycles. The number of methoxy groups -OCH3 is 1. The standard InChI is InChI=1S/C22H16N8O6S/c1-12-18(25-24-13-3-5-15(6-4-13)30(33)34)20(31)29(26-12)22-23-17(11-37-22)19-21(32)36-27-28(19)14-7-9-16(35-2)10-8-14/h3-11H,1-2H3,(H-,24,26,27,31,32)/p+1. The zero-order valence-electron chi connectivity index (χ0n) is 19.2. The fraction of sp³-hybridized carbons (Fsp3) is 0.0909. The van der Waals surface area contributed by atoms with Gasteiger partial charge in [-0.15, -0.1) is 16.5 Å². The van der Waals surface area contributed by atoms with Gasteiger partial charge in [0.25, 0.3) is 5.69 Å². The minimum atomic E-state index is -0.639. The van der Waals surface area contributed by atoms with Gasteiger partial charge >= 0.3 is 16.9 Å². The summed E-state index contributed by atoms with van der Waals surface area (Å²) in [5.74, 6) is 0.649. The van der Waals surface area contributed by atoms with Crippen molar-refractivity contribution in [3.63, 3.8) is 0 Å². The zero-order chi connectivity index (χ0) is 26.1. The highest BCUT2D eigenvalue weighted by Crippen LogP contribution is 2.24. The molecule has 5 aromatic rings. The number of hydrogen-bond acceptors (Lipinski definition) is 10. The van der Waals surface area contributed by atoms with Gasteiger partial charge in [0.05, 0.1) is 23.4 Å². The van der Waals surface area contributed by atoms with E-state index >= 15 is 0 Å². The minimum Gasteiger partial charge on any atom is -0.497 e. The van der Waals surface area contributed by atoms with E-state index in [1.165, 1.54) is 33.6 Å². The lowest BCUT2D eigenvalue weighted by Gasteiger charge is -1.97. The number of aromatic nitrogens is 5. The number of H-pyrrole nitrogens is 2. The van der Waals surface area contributed by atoms with Gasteiger partial charge in [0.2, 0.25) is 10.8 Å². The van der Waals surface area contributed by atoms with Crippen LogP contribution >= 0.6 is 11.3 Å². The predicted molar refractivity (Wildman–Crippen MR) is 130 cm³/mol. The van der Waals surface area contributed by atoms with Crippen LogP contribution < -0.4 is 20.6 Å². The number of aromatic amines is 2. The largest absolute Gasteiger partial charge is 0.497 e. The molecule has 0 saturated heterocycles. The van der Waals surface area contributed by atoms with Gasteiger partial charge < -0.3 is 4.74 Å². The van der Waals surface area contributed by atoms with Crippen LogP contribution in [0.5, 0.6) is 5.75 Å². The van der Waals surface area contributed by atoms with Crippen molar-refractivity contribution < 1.29 is 18.9 Å². The lowest BCUT2D eigenvalue weighted by Crippen LogP contribution is -2.36. The summed E-state index contributed by atoms with van der Waals surface area (Å²) >= 11 is 1.13. The number of nitro groups is 1. The maximum Gasteiger partial charge on any atom is 0.437 e. The van der Waals surface area contributed by atoms with E-state index in [9.17, 15) is 19.7 Å². The summed E-state index contributed by atoms with van der Waals surface area (Å²) in [7, 11) is 1.55. The fourth-order valence-corrected chi connectivity index (χ4v) is 4.19. The third kappa shape index (κ3) is 4.45. The van der Waals surface area contributed by atoms with Crippen LogP contribution in [0.25, 0.3) is 22.2 Å². The van der Waals surface area contributed by atoms with E-state index in [0.29, 0.717) is 28.5 Å². The summed E-state index contributed by atoms with van der Waals surface area (Å²) in [6.45, 7) is 1.65. The van der Waals surface area contributed by atoms with Crippen LogP contribution in [0, 0.1) is 17.0 Å². The maximum atomic E-state index is 13.0. The van der Waals surface area contributed by atoms with Crippen LogP contribution in [-0.4, -0.2) is 32.1 Å². The SMILES string of the molecule is COc1ccc(-[n+]2[nH]oc(=O)c2-c2csc(-n3[nH]c(C)c(N=Nc4ccc([N+](=O)[O-])cc4)c3=O)n2)cc1. The van der Waals surface area contributed by atoms with E-state index in [0.717, 1.165) is 11.3 Å². The highest BCUT2D eigenvalue weighted by molar-refractivity contribution is 7.12. The first-order chi connectivity index (χ1) is 17.9. The molecule has 0 unspecified atom stereocenters. The fourth-order valence-electron chi connectivity index (χ4n) is 3.42. The molecule has 3 heterocycles. The molecule has 0 amide bonds. The van der Waals surface area contributed by atoms with Gasteiger partial charge in [-0.2, -0.15) is 9.80 Å². The normalized spacial score (nSPS) is 11.3. The number of non-ortho nitro benzene ring substituents is 1. The number of aryl methyl sites for hydroxylation is 1. The number of ether oxygens (including phenoxy) is 1.